The zero-order chi connectivity index (χ0) is 19.1. The predicted octanol–water partition coefficient (Wildman–Crippen LogP) is 3.47. The first-order valence-electron chi connectivity index (χ1n) is 9.46. The van der Waals surface area contributed by atoms with Gasteiger partial charge in [0, 0.05) is 62.5 Å². The molecule has 2 aromatic rings. The summed E-state index contributed by atoms with van der Waals surface area (Å²) in [5.41, 5.74) is 1.01. The van der Waals surface area contributed by atoms with Gasteiger partial charge in [0.25, 0.3) is 0 Å². The molecular formula is C20H30IN5OS. The molecule has 1 atom stereocenters. The first-order chi connectivity index (χ1) is 13.1. The Labute approximate surface area is 189 Å². The molecule has 0 aliphatic carbocycles. The number of halogens is 1. The van der Waals surface area contributed by atoms with Gasteiger partial charge in [-0.25, -0.2) is 0 Å². The van der Waals surface area contributed by atoms with Crippen LogP contribution in [0.25, 0.3) is 0 Å². The lowest BCUT2D eigenvalue weighted by Gasteiger charge is -2.36. The molecule has 1 N–H and O–H groups in total. The van der Waals surface area contributed by atoms with E-state index in [9.17, 15) is 0 Å². The van der Waals surface area contributed by atoms with Gasteiger partial charge < -0.3 is 14.7 Å². The number of rotatable bonds is 6. The van der Waals surface area contributed by atoms with Crippen LogP contribution in [0.5, 0.6) is 0 Å². The summed E-state index contributed by atoms with van der Waals surface area (Å²) >= 11 is 1.89. The molecule has 28 heavy (non-hydrogen) atoms. The van der Waals surface area contributed by atoms with Crippen molar-refractivity contribution in [2.24, 2.45) is 4.99 Å². The molecular weight excluding hydrogens is 485 g/mol. The van der Waals surface area contributed by atoms with E-state index in [1.165, 1.54) is 4.90 Å². The fraction of sp³-hybridized carbons (Fsp3) is 0.500. The highest BCUT2D eigenvalue weighted by atomic mass is 127. The second-order valence-electron chi connectivity index (χ2n) is 6.86. The second-order valence-corrected chi connectivity index (χ2v) is 8.37. The molecule has 1 fully saturated rings. The van der Waals surface area contributed by atoms with Crippen LogP contribution in [0.1, 0.15) is 18.4 Å². The summed E-state index contributed by atoms with van der Waals surface area (Å²) in [6.07, 6.45) is 0. The third-order valence-electron chi connectivity index (χ3n) is 4.57. The minimum absolute atomic E-state index is 0. The number of nitrogens with one attached hydrogen (secondary N) is 1. The van der Waals surface area contributed by atoms with Gasteiger partial charge in [-0.3, -0.25) is 9.89 Å². The Bertz CT molecular complexity index is 731. The highest BCUT2D eigenvalue weighted by Gasteiger charge is 2.20. The summed E-state index contributed by atoms with van der Waals surface area (Å²) in [4.78, 5) is 10.5. The highest BCUT2D eigenvalue weighted by molar-refractivity contribution is 14.0. The molecule has 1 aliphatic rings. The summed E-state index contributed by atoms with van der Waals surface area (Å²) in [6.45, 7) is 9.86. The van der Waals surface area contributed by atoms with Crippen LogP contribution in [0, 0.1) is 6.92 Å². The maximum Gasteiger partial charge on any atom is 0.193 e. The number of piperazine rings is 1. The topological polar surface area (TPSA) is 56.9 Å². The van der Waals surface area contributed by atoms with Crippen molar-refractivity contribution in [3.63, 3.8) is 0 Å². The summed E-state index contributed by atoms with van der Waals surface area (Å²) < 4.78 is 5.16. The van der Waals surface area contributed by atoms with E-state index >= 15 is 0 Å². The number of nitrogens with zero attached hydrogens (tertiary/aromatic N) is 4. The number of aliphatic imine (C=N–C) groups is 1. The lowest BCUT2D eigenvalue weighted by atomic mass is 10.3. The van der Waals surface area contributed by atoms with Crippen LogP contribution >= 0.6 is 35.7 Å². The van der Waals surface area contributed by atoms with E-state index in [1.807, 2.05) is 31.8 Å². The molecule has 1 aromatic heterocycles. The Kier molecular flexibility index (Phi) is 9.60. The number of aryl methyl sites for hydroxylation is 1. The number of hydrogen-bond acceptors (Lipinski definition) is 5. The molecule has 154 valence electrons. The Balaban J connectivity index is 0.00000280. The van der Waals surface area contributed by atoms with Crippen LogP contribution < -0.4 is 5.32 Å². The van der Waals surface area contributed by atoms with Gasteiger partial charge in [-0.15, -0.1) is 35.7 Å². The standard InChI is InChI=1S/C20H29N5OS.HI/c1-16-13-18(23-26-16)15-24-9-11-25(12-10-24)20(21-3)22-14-17(2)27-19-7-5-4-6-8-19;/h4-8,13,17H,9-12,14-15H2,1-3H3,(H,21,22);1H. The lowest BCUT2D eigenvalue weighted by Crippen LogP contribution is -2.52. The van der Waals surface area contributed by atoms with Gasteiger partial charge in [-0.05, 0) is 19.1 Å². The average molecular weight is 515 g/mol. The van der Waals surface area contributed by atoms with Crippen molar-refractivity contribution in [2.75, 3.05) is 39.8 Å². The van der Waals surface area contributed by atoms with Gasteiger partial charge in [0.1, 0.15) is 5.76 Å². The third kappa shape index (κ3) is 6.97. The van der Waals surface area contributed by atoms with Crippen molar-refractivity contribution in [3.05, 3.63) is 47.9 Å². The molecule has 0 saturated carbocycles. The van der Waals surface area contributed by atoms with Crippen molar-refractivity contribution in [1.82, 2.24) is 20.3 Å². The first-order valence-corrected chi connectivity index (χ1v) is 10.3. The maximum atomic E-state index is 5.16. The second kappa shape index (κ2) is 11.7. The summed E-state index contributed by atoms with van der Waals surface area (Å²) in [5.74, 6) is 1.86. The van der Waals surface area contributed by atoms with Crippen molar-refractivity contribution in [2.45, 2.75) is 30.5 Å². The van der Waals surface area contributed by atoms with Gasteiger partial charge in [-0.1, -0.05) is 30.3 Å². The van der Waals surface area contributed by atoms with Gasteiger partial charge in [0.05, 0.1) is 5.69 Å². The van der Waals surface area contributed by atoms with E-state index in [-0.39, 0.29) is 24.0 Å². The minimum atomic E-state index is 0. The SMILES string of the molecule is CN=C(NCC(C)Sc1ccccc1)N1CCN(Cc2cc(C)on2)CC1.I. The molecule has 1 saturated heterocycles. The molecule has 1 aromatic carbocycles. The maximum absolute atomic E-state index is 5.16. The summed E-state index contributed by atoms with van der Waals surface area (Å²) in [5, 5.41) is 8.10. The lowest BCUT2D eigenvalue weighted by molar-refractivity contribution is 0.169. The zero-order valence-corrected chi connectivity index (χ0v) is 19.9. The van der Waals surface area contributed by atoms with Crippen molar-refractivity contribution < 1.29 is 4.52 Å². The molecule has 1 unspecified atom stereocenters. The normalized spacial score (nSPS) is 16.5. The molecule has 3 rings (SSSR count). The van der Waals surface area contributed by atoms with Crippen LogP contribution in [-0.2, 0) is 6.54 Å². The zero-order valence-electron chi connectivity index (χ0n) is 16.8. The van der Waals surface area contributed by atoms with E-state index in [2.05, 4.69) is 62.5 Å². The van der Waals surface area contributed by atoms with Crippen molar-refractivity contribution in [3.8, 4) is 0 Å². The van der Waals surface area contributed by atoms with Crippen molar-refractivity contribution >= 4 is 41.7 Å². The van der Waals surface area contributed by atoms with Crippen molar-refractivity contribution in [1.29, 1.82) is 0 Å². The van der Waals surface area contributed by atoms with E-state index in [4.69, 9.17) is 4.52 Å². The fourth-order valence-corrected chi connectivity index (χ4v) is 4.13. The third-order valence-corrected chi connectivity index (χ3v) is 5.69. The van der Waals surface area contributed by atoms with Crippen LogP contribution in [0.4, 0.5) is 0 Å². The first kappa shape index (κ1) is 23.0. The van der Waals surface area contributed by atoms with Crippen LogP contribution in [0.15, 0.2) is 50.8 Å². The fourth-order valence-electron chi connectivity index (χ4n) is 3.18. The Morgan fingerprint density at radius 1 is 1.25 bits per heavy atom. The Morgan fingerprint density at radius 3 is 2.57 bits per heavy atom. The number of hydrogen-bond donors (Lipinski definition) is 1. The quantitative estimate of drug-likeness (QED) is 0.275. The number of guanidine groups is 1. The summed E-state index contributed by atoms with van der Waals surface area (Å²) in [7, 11) is 1.86. The smallest absolute Gasteiger partial charge is 0.193 e. The monoisotopic (exact) mass is 515 g/mol. The number of aromatic nitrogens is 1. The van der Waals surface area contributed by atoms with Crippen LogP contribution in [0.2, 0.25) is 0 Å². The number of benzene rings is 1. The molecule has 0 bridgehead atoms. The van der Waals surface area contributed by atoms with E-state index in [0.717, 1.165) is 56.7 Å². The molecule has 8 heteroatoms. The highest BCUT2D eigenvalue weighted by Crippen LogP contribution is 2.22. The number of thioether (sulfide) groups is 1. The summed E-state index contributed by atoms with van der Waals surface area (Å²) in [6, 6.07) is 12.6. The van der Waals surface area contributed by atoms with Gasteiger partial charge in [-0.2, -0.15) is 0 Å². The van der Waals surface area contributed by atoms with E-state index < -0.39 is 0 Å². The molecule has 6 nitrogen and oxygen atoms in total. The van der Waals surface area contributed by atoms with Gasteiger partial charge >= 0.3 is 0 Å². The van der Waals surface area contributed by atoms with E-state index in [1.54, 1.807) is 0 Å². The van der Waals surface area contributed by atoms with Gasteiger partial charge in [0.2, 0.25) is 0 Å². The molecule has 0 radical (unpaired) electrons. The van der Waals surface area contributed by atoms with Gasteiger partial charge in [0.15, 0.2) is 5.96 Å². The van der Waals surface area contributed by atoms with E-state index in [0.29, 0.717) is 5.25 Å². The van der Waals surface area contributed by atoms with Crippen LogP contribution in [-0.4, -0.2) is 65.9 Å². The molecule has 2 heterocycles. The predicted molar refractivity (Wildman–Crippen MR) is 127 cm³/mol. The Morgan fingerprint density at radius 2 is 1.96 bits per heavy atom. The molecule has 0 spiro atoms. The average Bonchev–Trinajstić information content (AvgIpc) is 3.09. The minimum Gasteiger partial charge on any atom is -0.361 e. The largest absolute Gasteiger partial charge is 0.361 e. The van der Waals surface area contributed by atoms with Crippen LogP contribution in [0.3, 0.4) is 0 Å². The molecule has 0 amide bonds. The Hall–Kier alpha value is -1.26. The molecule has 1 aliphatic heterocycles.